The summed E-state index contributed by atoms with van der Waals surface area (Å²) < 4.78 is 0. The maximum Gasteiger partial charge on any atom is 0.319 e. The summed E-state index contributed by atoms with van der Waals surface area (Å²) in [6, 6.07) is 2.93. The largest absolute Gasteiger partial charge is 0.335 e. The highest BCUT2D eigenvalue weighted by molar-refractivity contribution is 5.93. The van der Waals surface area contributed by atoms with Crippen LogP contribution < -0.4 is 10.6 Å². The predicted octanol–water partition coefficient (Wildman–Crippen LogP) is 3.67. The van der Waals surface area contributed by atoms with Gasteiger partial charge in [-0.05, 0) is 37.8 Å². The summed E-state index contributed by atoms with van der Waals surface area (Å²) in [5.41, 5.74) is 1.85. The first-order valence-corrected chi connectivity index (χ1v) is 7.31. The third-order valence-corrected chi connectivity index (χ3v) is 4.09. The van der Waals surface area contributed by atoms with Crippen molar-refractivity contribution in [3.8, 4) is 0 Å². The average Bonchev–Trinajstić information content (AvgIpc) is 2.44. The first-order chi connectivity index (χ1) is 9.99. The molecule has 0 aromatic heterocycles. The topological polar surface area (TPSA) is 84.3 Å². The van der Waals surface area contributed by atoms with Crippen LogP contribution in [0.3, 0.4) is 0 Å². The van der Waals surface area contributed by atoms with E-state index in [1.807, 2.05) is 6.92 Å². The van der Waals surface area contributed by atoms with Crippen molar-refractivity contribution in [3.63, 3.8) is 0 Å². The lowest BCUT2D eigenvalue weighted by Crippen LogP contribution is -2.39. The van der Waals surface area contributed by atoms with Gasteiger partial charge in [-0.2, -0.15) is 0 Å². The zero-order valence-electron chi connectivity index (χ0n) is 12.4. The van der Waals surface area contributed by atoms with Crippen molar-refractivity contribution in [2.24, 2.45) is 0 Å². The number of rotatable bonds is 3. The summed E-state index contributed by atoms with van der Waals surface area (Å²) >= 11 is 0. The summed E-state index contributed by atoms with van der Waals surface area (Å²) in [5.74, 6) is 0. The van der Waals surface area contributed by atoms with E-state index < -0.39 is 4.92 Å². The Hall–Kier alpha value is -2.11. The molecule has 2 N–H and O–H groups in total. The van der Waals surface area contributed by atoms with Crippen LogP contribution in [0.5, 0.6) is 0 Å². The minimum atomic E-state index is -0.470. The van der Waals surface area contributed by atoms with Crippen molar-refractivity contribution in [3.05, 3.63) is 33.4 Å². The molecule has 0 spiro atoms. The second-order valence-corrected chi connectivity index (χ2v) is 5.59. The van der Waals surface area contributed by atoms with Gasteiger partial charge >= 0.3 is 6.03 Å². The fraction of sp³-hybridized carbons (Fsp3) is 0.533. The number of carbonyl (C=O) groups excluding carboxylic acids is 1. The third kappa shape index (κ3) is 3.71. The number of nitrogens with zero attached hydrogens (tertiary/aromatic N) is 1. The molecule has 0 radical (unpaired) electrons. The number of aryl methyl sites for hydroxylation is 1. The van der Waals surface area contributed by atoms with Crippen LogP contribution in [-0.2, 0) is 0 Å². The maximum absolute atomic E-state index is 12.1. The minimum Gasteiger partial charge on any atom is -0.335 e. The molecule has 21 heavy (non-hydrogen) atoms. The first-order valence-electron chi connectivity index (χ1n) is 7.31. The second-order valence-electron chi connectivity index (χ2n) is 5.59. The first kappa shape index (κ1) is 15.3. The highest BCUT2D eigenvalue weighted by Crippen LogP contribution is 2.30. The monoisotopic (exact) mass is 291 g/mol. The number of anilines is 1. The van der Waals surface area contributed by atoms with Crippen LogP contribution in [0, 0.1) is 24.0 Å². The zero-order valence-corrected chi connectivity index (χ0v) is 12.4. The summed E-state index contributed by atoms with van der Waals surface area (Å²) in [4.78, 5) is 22.7. The summed E-state index contributed by atoms with van der Waals surface area (Å²) in [6.07, 6.45) is 5.40. The standard InChI is InChI=1S/C15H21N3O3/c1-10-8-9-13(18(20)21)14(11(10)2)17-15(19)16-12-6-4-3-5-7-12/h8-9,12H,3-7H2,1-2H3,(H2,16,17,19). The zero-order chi connectivity index (χ0) is 15.4. The molecule has 2 amide bonds. The van der Waals surface area contributed by atoms with Crippen LogP contribution in [0.25, 0.3) is 0 Å². The average molecular weight is 291 g/mol. The molecule has 1 fully saturated rings. The number of carbonyl (C=O) groups is 1. The van der Waals surface area contributed by atoms with E-state index >= 15 is 0 Å². The molecule has 1 aromatic rings. The van der Waals surface area contributed by atoms with Crippen LogP contribution in [0.1, 0.15) is 43.2 Å². The fourth-order valence-corrected chi connectivity index (χ4v) is 2.69. The summed E-state index contributed by atoms with van der Waals surface area (Å²) in [5, 5.41) is 16.7. The van der Waals surface area contributed by atoms with E-state index in [2.05, 4.69) is 10.6 Å². The number of urea groups is 1. The SMILES string of the molecule is Cc1ccc([N+](=O)[O-])c(NC(=O)NC2CCCCC2)c1C. The molecule has 0 heterocycles. The van der Waals surface area contributed by atoms with E-state index in [1.165, 1.54) is 12.5 Å². The van der Waals surface area contributed by atoms with Gasteiger partial charge in [-0.25, -0.2) is 4.79 Å². The van der Waals surface area contributed by atoms with E-state index in [0.29, 0.717) is 0 Å². The molecule has 0 unspecified atom stereocenters. The Bertz CT molecular complexity index is 551. The number of nitrogens with one attached hydrogen (secondary N) is 2. The van der Waals surface area contributed by atoms with E-state index in [9.17, 15) is 14.9 Å². The Kier molecular flexibility index (Phi) is 4.77. The molecule has 0 atom stereocenters. The van der Waals surface area contributed by atoms with E-state index in [0.717, 1.165) is 36.8 Å². The Morgan fingerprint density at radius 1 is 1.24 bits per heavy atom. The Morgan fingerprint density at radius 3 is 2.52 bits per heavy atom. The molecule has 0 bridgehead atoms. The fourth-order valence-electron chi connectivity index (χ4n) is 2.69. The number of hydrogen-bond acceptors (Lipinski definition) is 3. The molecule has 6 nitrogen and oxygen atoms in total. The van der Waals surface area contributed by atoms with Gasteiger partial charge in [0.1, 0.15) is 5.69 Å². The van der Waals surface area contributed by atoms with Crippen LogP contribution in [0.4, 0.5) is 16.2 Å². The van der Waals surface area contributed by atoms with Crippen molar-refractivity contribution in [1.82, 2.24) is 5.32 Å². The molecule has 6 heteroatoms. The molecule has 2 rings (SSSR count). The number of nitro benzene ring substituents is 1. The van der Waals surface area contributed by atoms with Crippen LogP contribution in [0.15, 0.2) is 12.1 Å². The minimum absolute atomic E-state index is 0.0723. The Morgan fingerprint density at radius 2 is 1.90 bits per heavy atom. The third-order valence-electron chi connectivity index (χ3n) is 4.09. The Balaban J connectivity index is 2.12. The molecule has 1 aromatic carbocycles. The summed E-state index contributed by atoms with van der Waals surface area (Å²) in [6.45, 7) is 3.64. The van der Waals surface area contributed by atoms with Crippen LogP contribution in [0.2, 0.25) is 0 Å². The van der Waals surface area contributed by atoms with Crippen molar-refractivity contribution in [2.45, 2.75) is 52.0 Å². The molecule has 114 valence electrons. The van der Waals surface area contributed by atoms with Gasteiger partial charge in [0, 0.05) is 12.1 Å². The van der Waals surface area contributed by atoms with Crippen molar-refractivity contribution < 1.29 is 9.72 Å². The highest BCUT2D eigenvalue weighted by Gasteiger charge is 2.21. The van der Waals surface area contributed by atoms with Crippen LogP contribution in [-0.4, -0.2) is 17.0 Å². The van der Waals surface area contributed by atoms with Crippen molar-refractivity contribution in [1.29, 1.82) is 0 Å². The number of hydrogen-bond donors (Lipinski definition) is 2. The number of amides is 2. The van der Waals surface area contributed by atoms with Gasteiger partial charge in [-0.3, -0.25) is 10.1 Å². The normalized spacial score (nSPS) is 15.5. The number of nitro groups is 1. The maximum atomic E-state index is 12.1. The highest BCUT2D eigenvalue weighted by atomic mass is 16.6. The van der Waals surface area contributed by atoms with Gasteiger partial charge in [0.05, 0.1) is 4.92 Å². The number of benzene rings is 1. The van der Waals surface area contributed by atoms with E-state index in [4.69, 9.17) is 0 Å². The molecular weight excluding hydrogens is 270 g/mol. The van der Waals surface area contributed by atoms with Crippen molar-refractivity contribution >= 4 is 17.4 Å². The second kappa shape index (κ2) is 6.56. The van der Waals surface area contributed by atoms with E-state index in [1.54, 1.807) is 13.0 Å². The predicted molar refractivity (Wildman–Crippen MR) is 81.6 cm³/mol. The van der Waals surface area contributed by atoms with Crippen LogP contribution >= 0.6 is 0 Å². The van der Waals surface area contributed by atoms with Gasteiger partial charge in [0.25, 0.3) is 5.69 Å². The van der Waals surface area contributed by atoms with Gasteiger partial charge in [0.15, 0.2) is 0 Å². The lowest BCUT2D eigenvalue weighted by atomic mass is 9.96. The Labute approximate surface area is 124 Å². The van der Waals surface area contributed by atoms with Gasteiger partial charge < -0.3 is 10.6 Å². The van der Waals surface area contributed by atoms with Gasteiger partial charge in [-0.15, -0.1) is 0 Å². The molecule has 0 aliphatic heterocycles. The lowest BCUT2D eigenvalue weighted by molar-refractivity contribution is -0.384. The quantitative estimate of drug-likeness (QED) is 0.658. The van der Waals surface area contributed by atoms with Gasteiger partial charge in [-0.1, -0.05) is 25.3 Å². The van der Waals surface area contributed by atoms with E-state index in [-0.39, 0.29) is 23.4 Å². The van der Waals surface area contributed by atoms with Crippen molar-refractivity contribution in [2.75, 3.05) is 5.32 Å². The molecule has 1 aliphatic rings. The molecular formula is C15H21N3O3. The summed E-state index contributed by atoms with van der Waals surface area (Å²) in [7, 11) is 0. The molecule has 1 aliphatic carbocycles. The lowest BCUT2D eigenvalue weighted by Gasteiger charge is -2.23. The van der Waals surface area contributed by atoms with Gasteiger partial charge in [0.2, 0.25) is 0 Å². The molecule has 1 saturated carbocycles. The molecule has 0 saturated heterocycles. The smallest absolute Gasteiger partial charge is 0.319 e.